The molecule has 0 aromatic carbocycles. The van der Waals surface area contributed by atoms with Crippen molar-refractivity contribution in [2.24, 2.45) is 17.3 Å². The minimum Gasteiger partial charge on any atom is -0.466 e. The van der Waals surface area contributed by atoms with Crippen LogP contribution < -0.4 is 0 Å². The van der Waals surface area contributed by atoms with Gasteiger partial charge in [0.2, 0.25) is 0 Å². The molecule has 4 nitrogen and oxygen atoms in total. The number of methoxy groups -OCH3 is 1. The van der Waals surface area contributed by atoms with E-state index in [1.807, 2.05) is 6.92 Å². The zero-order chi connectivity index (χ0) is 13.9. The molecule has 3 atom stereocenters. The molecule has 0 radical (unpaired) electrons. The Bertz CT molecular complexity index is 321. The minimum absolute atomic E-state index is 0.0000926. The first kappa shape index (κ1) is 14.8. The highest BCUT2D eigenvalue weighted by Crippen LogP contribution is 2.49. The van der Waals surface area contributed by atoms with Gasteiger partial charge in [0.1, 0.15) is 0 Å². The number of carbonyl (C=O) groups excluding carboxylic acids is 1. The van der Waals surface area contributed by atoms with Crippen LogP contribution in [0.2, 0.25) is 0 Å². The molecule has 0 aromatic rings. The topological polar surface area (TPSA) is 38.8 Å². The number of ether oxygens (including phenoxy) is 2. The molecular formula is C15H27NO3. The fourth-order valence-corrected chi connectivity index (χ4v) is 4.04. The number of nitrogens with zero attached hydrogens (tertiary/aromatic N) is 1. The predicted molar refractivity (Wildman–Crippen MR) is 73.9 cm³/mol. The number of hydrogen-bond acceptors (Lipinski definition) is 4. The van der Waals surface area contributed by atoms with E-state index in [-0.39, 0.29) is 11.4 Å². The predicted octanol–water partition coefficient (Wildman–Crippen LogP) is 1.93. The van der Waals surface area contributed by atoms with Crippen molar-refractivity contribution in [3.63, 3.8) is 0 Å². The number of piperidine rings is 1. The quantitative estimate of drug-likeness (QED) is 0.715. The zero-order valence-electron chi connectivity index (χ0n) is 12.5. The third-order valence-electron chi connectivity index (χ3n) is 4.95. The Labute approximate surface area is 116 Å². The van der Waals surface area contributed by atoms with Crippen molar-refractivity contribution in [2.75, 3.05) is 40.0 Å². The third-order valence-corrected chi connectivity index (χ3v) is 4.95. The van der Waals surface area contributed by atoms with E-state index in [0.717, 1.165) is 32.5 Å². The molecule has 110 valence electrons. The highest BCUT2D eigenvalue weighted by molar-refractivity contribution is 5.78. The lowest BCUT2D eigenvalue weighted by atomic mass is 9.59. The van der Waals surface area contributed by atoms with Crippen molar-refractivity contribution in [3.8, 4) is 0 Å². The lowest BCUT2D eigenvalue weighted by Crippen LogP contribution is -2.60. The van der Waals surface area contributed by atoms with Gasteiger partial charge in [-0.05, 0) is 32.2 Å². The highest BCUT2D eigenvalue weighted by Gasteiger charge is 2.55. The summed E-state index contributed by atoms with van der Waals surface area (Å²) in [6, 6.07) is 0. The van der Waals surface area contributed by atoms with Crippen LogP contribution in [-0.2, 0) is 14.3 Å². The summed E-state index contributed by atoms with van der Waals surface area (Å²) in [4.78, 5) is 15.0. The van der Waals surface area contributed by atoms with E-state index < -0.39 is 0 Å². The molecule has 2 rings (SSSR count). The Kier molecular flexibility index (Phi) is 4.85. The summed E-state index contributed by atoms with van der Waals surface area (Å²) in [5, 5.41) is 0. The normalized spacial score (nSPS) is 35.1. The summed E-state index contributed by atoms with van der Waals surface area (Å²) in [6.07, 6.45) is 3.31. The maximum atomic E-state index is 12.6. The van der Waals surface area contributed by atoms with Crippen molar-refractivity contribution in [1.82, 2.24) is 4.90 Å². The number of carbonyl (C=O) groups is 1. The monoisotopic (exact) mass is 269 g/mol. The van der Waals surface area contributed by atoms with E-state index >= 15 is 0 Å². The summed E-state index contributed by atoms with van der Waals surface area (Å²) >= 11 is 0. The van der Waals surface area contributed by atoms with E-state index in [4.69, 9.17) is 9.47 Å². The summed E-state index contributed by atoms with van der Waals surface area (Å²) in [7, 11) is 1.74. The van der Waals surface area contributed by atoms with Crippen LogP contribution in [0.4, 0.5) is 0 Å². The summed E-state index contributed by atoms with van der Waals surface area (Å²) < 4.78 is 10.8. The van der Waals surface area contributed by atoms with Crippen molar-refractivity contribution < 1.29 is 14.3 Å². The van der Waals surface area contributed by atoms with Gasteiger partial charge < -0.3 is 14.4 Å². The third kappa shape index (κ3) is 2.65. The highest BCUT2D eigenvalue weighted by atomic mass is 16.5. The molecule has 0 N–H and O–H groups in total. The molecule has 1 heterocycles. The molecule has 1 saturated heterocycles. The van der Waals surface area contributed by atoms with E-state index in [1.165, 1.54) is 6.42 Å². The van der Waals surface area contributed by atoms with Crippen molar-refractivity contribution in [3.05, 3.63) is 0 Å². The molecule has 0 spiro atoms. The van der Waals surface area contributed by atoms with Gasteiger partial charge in [-0.15, -0.1) is 0 Å². The number of rotatable bonds is 5. The Morgan fingerprint density at radius 1 is 1.42 bits per heavy atom. The molecule has 1 saturated carbocycles. The maximum absolute atomic E-state index is 12.6. The Balaban J connectivity index is 2.27. The lowest BCUT2D eigenvalue weighted by molar-refractivity contribution is -0.176. The molecule has 0 aromatic heterocycles. The Hall–Kier alpha value is -0.610. The average Bonchev–Trinajstić information content (AvgIpc) is 2.39. The Morgan fingerprint density at radius 2 is 2.21 bits per heavy atom. The van der Waals surface area contributed by atoms with Crippen LogP contribution in [0.3, 0.4) is 0 Å². The first-order chi connectivity index (χ1) is 9.17. The smallest absolute Gasteiger partial charge is 0.313 e. The molecule has 1 unspecified atom stereocenters. The van der Waals surface area contributed by atoms with Crippen LogP contribution in [-0.4, -0.2) is 50.8 Å². The second-order valence-corrected chi connectivity index (χ2v) is 5.92. The molecule has 2 aliphatic rings. The molecule has 1 aliphatic carbocycles. The van der Waals surface area contributed by atoms with Gasteiger partial charge in [0, 0.05) is 26.1 Å². The van der Waals surface area contributed by atoms with Crippen LogP contribution in [0.25, 0.3) is 0 Å². The average molecular weight is 269 g/mol. The molecule has 2 bridgehead atoms. The van der Waals surface area contributed by atoms with E-state index in [0.29, 0.717) is 25.0 Å². The zero-order valence-corrected chi connectivity index (χ0v) is 12.5. The van der Waals surface area contributed by atoms with Gasteiger partial charge in [-0.2, -0.15) is 0 Å². The Morgan fingerprint density at radius 3 is 2.84 bits per heavy atom. The fourth-order valence-electron chi connectivity index (χ4n) is 4.04. The molecule has 2 fully saturated rings. The first-order valence-electron chi connectivity index (χ1n) is 7.56. The minimum atomic E-state index is -0.330. The van der Waals surface area contributed by atoms with E-state index in [9.17, 15) is 4.79 Å². The van der Waals surface area contributed by atoms with Crippen LogP contribution >= 0.6 is 0 Å². The van der Waals surface area contributed by atoms with E-state index in [1.54, 1.807) is 7.11 Å². The van der Waals surface area contributed by atoms with Gasteiger partial charge >= 0.3 is 5.97 Å². The van der Waals surface area contributed by atoms with Crippen molar-refractivity contribution >= 4 is 5.97 Å². The number of likely N-dealkylation sites (tertiary alicyclic amines) is 1. The maximum Gasteiger partial charge on any atom is 0.313 e. The van der Waals surface area contributed by atoms with Crippen LogP contribution in [0, 0.1) is 17.3 Å². The van der Waals surface area contributed by atoms with Crippen molar-refractivity contribution in [1.29, 1.82) is 0 Å². The largest absolute Gasteiger partial charge is 0.466 e. The van der Waals surface area contributed by atoms with Gasteiger partial charge in [-0.25, -0.2) is 0 Å². The van der Waals surface area contributed by atoms with Crippen molar-refractivity contribution in [2.45, 2.75) is 33.1 Å². The lowest BCUT2D eigenvalue weighted by Gasteiger charge is -2.53. The molecular weight excluding hydrogens is 242 g/mol. The second kappa shape index (κ2) is 6.23. The van der Waals surface area contributed by atoms with Gasteiger partial charge in [0.25, 0.3) is 0 Å². The van der Waals surface area contributed by atoms with Gasteiger partial charge in [-0.1, -0.05) is 13.3 Å². The summed E-state index contributed by atoms with van der Waals surface area (Å²) in [6.45, 7) is 8.17. The van der Waals surface area contributed by atoms with Crippen LogP contribution in [0.1, 0.15) is 33.1 Å². The van der Waals surface area contributed by atoms with Crippen LogP contribution in [0.15, 0.2) is 0 Å². The molecule has 4 heteroatoms. The number of esters is 1. The molecule has 19 heavy (non-hydrogen) atoms. The van der Waals surface area contributed by atoms with E-state index in [2.05, 4.69) is 11.8 Å². The first-order valence-corrected chi connectivity index (χ1v) is 7.56. The second-order valence-electron chi connectivity index (χ2n) is 5.92. The van der Waals surface area contributed by atoms with Gasteiger partial charge in [0.15, 0.2) is 0 Å². The number of fused-ring (bicyclic) bond motifs is 2. The fraction of sp³-hybridized carbons (Fsp3) is 0.933. The van der Waals surface area contributed by atoms with Crippen LogP contribution in [0.5, 0.6) is 0 Å². The molecule has 0 amide bonds. The number of hydrogen-bond donors (Lipinski definition) is 0. The summed E-state index contributed by atoms with van der Waals surface area (Å²) in [5.74, 6) is 0.903. The SMILES string of the molecule is CCOC(=O)[C@]12CCC[C@H](CN(CC)C1)C2COC. The van der Waals surface area contributed by atoms with Gasteiger partial charge in [-0.3, -0.25) is 4.79 Å². The molecule has 1 aliphatic heterocycles. The summed E-state index contributed by atoms with van der Waals surface area (Å²) in [5.41, 5.74) is -0.330. The standard InChI is InChI=1S/C15H27NO3/c1-4-16-9-12-7-6-8-15(11-16,13(12)10-18-3)14(17)19-5-2/h12-13H,4-11H2,1-3H3/t12-,13?,15-/m1/s1. The van der Waals surface area contributed by atoms with Gasteiger partial charge in [0.05, 0.1) is 18.6 Å².